The van der Waals surface area contributed by atoms with Crippen molar-refractivity contribution in [1.82, 2.24) is 10.3 Å². The van der Waals surface area contributed by atoms with Crippen LogP contribution in [-0.4, -0.2) is 30.0 Å². The van der Waals surface area contributed by atoms with Crippen molar-refractivity contribution in [2.75, 3.05) is 18.5 Å². The van der Waals surface area contributed by atoms with Crippen molar-refractivity contribution in [2.24, 2.45) is 5.92 Å². The quantitative estimate of drug-likeness (QED) is 0.614. The van der Waals surface area contributed by atoms with E-state index in [0.29, 0.717) is 36.2 Å². The van der Waals surface area contributed by atoms with Crippen molar-refractivity contribution in [1.29, 1.82) is 0 Å². The number of hydrogen-bond donors (Lipinski definition) is 2. The molecule has 8 heteroatoms. The molecule has 2 N–H and O–H groups in total. The third-order valence-corrected chi connectivity index (χ3v) is 5.95. The Kier molecular flexibility index (Phi) is 5.30. The maximum Gasteiger partial charge on any atom is 0.257 e. The van der Waals surface area contributed by atoms with Crippen molar-refractivity contribution in [3.63, 3.8) is 0 Å². The third-order valence-electron chi connectivity index (χ3n) is 5.19. The topological polar surface area (TPSA) is 89.6 Å². The molecule has 2 heterocycles. The molecule has 2 aromatic carbocycles. The minimum atomic E-state index is -0.225. The zero-order chi connectivity index (χ0) is 21.2. The second kappa shape index (κ2) is 8.39. The summed E-state index contributed by atoms with van der Waals surface area (Å²) in [5, 5.41) is 8.19. The zero-order valence-electron chi connectivity index (χ0n) is 16.7. The van der Waals surface area contributed by atoms with Gasteiger partial charge in [-0.05, 0) is 48.7 Å². The summed E-state index contributed by atoms with van der Waals surface area (Å²) in [6.45, 7) is 1.55. The number of nitrogens with one attached hydrogen (secondary N) is 2. The number of benzene rings is 2. The molecule has 2 amide bonds. The Morgan fingerprint density at radius 1 is 1.03 bits per heavy atom. The van der Waals surface area contributed by atoms with Crippen LogP contribution in [0, 0.1) is 5.92 Å². The van der Waals surface area contributed by atoms with Crippen molar-refractivity contribution in [3.05, 3.63) is 59.0 Å². The molecular weight excluding hydrogens is 414 g/mol. The van der Waals surface area contributed by atoms with E-state index in [-0.39, 0.29) is 17.7 Å². The van der Waals surface area contributed by atoms with E-state index in [4.69, 9.17) is 9.47 Å². The summed E-state index contributed by atoms with van der Waals surface area (Å²) < 4.78 is 11.2. The molecule has 0 unspecified atom stereocenters. The van der Waals surface area contributed by atoms with E-state index in [1.54, 1.807) is 12.1 Å². The fraction of sp³-hybridized carbons (Fsp3) is 0.261. The van der Waals surface area contributed by atoms with E-state index in [9.17, 15) is 9.59 Å². The van der Waals surface area contributed by atoms with Crippen LogP contribution in [0.25, 0.3) is 11.3 Å². The number of rotatable bonds is 6. The number of amides is 2. The normalized spacial score (nSPS) is 14.7. The van der Waals surface area contributed by atoms with Gasteiger partial charge in [-0.3, -0.25) is 14.9 Å². The Hall–Kier alpha value is -3.39. The highest BCUT2D eigenvalue weighted by Crippen LogP contribution is 2.35. The molecule has 3 aromatic rings. The summed E-state index contributed by atoms with van der Waals surface area (Å²) in [6, 6.07) is 12.9. The maximum absolute atomic E-state index is 12.6. The van der Waals surface area contributed by atoms with E-state index in [0.717, 1.165) is 35.4 Å². The molecule has 0 atom stereocenters. The lowest BCUT2D eigenvalue weighted by Crippen LogP contribution is -2.24. The van der Waals surface area contributed by atoms with Crippen molar-refractivity contribution < 1.29 is 19.1 Å². The number of ether oxygens (including phenoxy) is 2. The van der Waals surface area contributed by atoms with Gasteiger partial charge in [-0.25, -0.2) is 4.98 Å². The lowest BCUT2D eigenvalue weighted by molar-refractivity contribution is -0.122. The van der Waals surface area contributed by atoms with Gasteiger partial charge in [-0.1, -0.05) is 12.1 Å². The lowest BCUT2D eigenvalue weighted by atomic mass is 10.1. The second-order valence-corrected chi connectivity index (χ2v) is 8.40. The Morgan fingerprint density at radius 2 is 1.81 bits per heavy atom. The molecule has 7 nitrogen and oxygen atoms in total. The number of hydrogen-bond acceptors (Lipinski definition) is 6. The van der Waals surface area contributed by atoms with Crippen LogP contribution in [0.3, 0.4) is 0 Å². The van der Waals surface area contributed by atoms with Gasteiger partial charge in [0.1, 0.15) is 13.2 Å². The van der Waals surface area contributed by atoms with E-state index < -0.39 is 0 Å². The highest BCUT2D eigenvalue weighted by molar-refractivity contribution is 7.14. The van der Waals surface area contributed by atoms with Crippen molar-refractivity contribution in [3.8, 4) is 22.8 Å². The van der Waals surface area contributed by atoms with Gasteiger partial charge < -0.3 is 14.8 Å². The molecule has 0 radical (unpaired) electrons. The Bertz CT molecular complexity index is 1120. The van der Waals surface area contributed by atoms with E-state index in [1.807, 2.05) is 35.7 Å². The molecule has 1 saturated carbocycles. The summed E-state index contributed by atoms with van der Waals surface area (Å²) >= 11 is 1.37. The van der Waals surface area contributed by atoms with Crippen LogP contribution < -0.4 is 20.1 Å². The molecule has 0 bridgehead atoms. The molecule has 0 spiro atoms. The largest absolute Gasteiger partial charge is 0.486 e. The first kappa shape index (κ1) is 19.6. The van der Waals surface area contributed by atoms with Crippen LogP contribution in [-0.2, 0) is 11.3 Å². The first-order valence-electron chi connectivity index (χ1n) is 10.2. The minimum Gasteiger partial charge on any atom is -0.486 e. The number of carbonyl (C=O) groups excluding carboxylic acids is 2. The number of nitrogens with zero attached hydrogens (tertiary/aromatic N) is 1. The SMILES string of the molecule is O=C(Nc1nc(-c2ccc3c(c2)OCCO3)cs1)c1ccc(CNC(=O)C2CC2)cc1. The molecule has 1 aliphatic carbocycles. The third kappa shape index (κ3) is 4.54. The first-order chi connectivity index (χ1) is 15.2. The number of aromatic nitrogens is 1. The van der Waals surface area contributed by atoms with E-state index in [1.165, 1.54) is 11.3 Å². The summed E-state index contributed by atoms with van der Waals surface area (Å²) in [7, 11) is 0. The smallest absolute Gasteiger partial charge is 0.257 e. The predicted octanol–water partition coefficient (Wildman–Crippen LogP) is 3.86. The van der Waals surface area contributed by atoms with Crippen LogP contribution in [0.5, 0.6) is 11.5 Å². The van der Waals surface area contributed by atoms with Gasteiger partial charge in [-0.2, -0.15) is 0 Å². The fourth-order valence-electron chi connectivity index (χ4n) is 3.29. The van der Waals surface area contributed by atoms with Gasteiger partial charge in [-0.15, -0.1) is 11.3 Å². The lowest BCUT2D eigenvalue weighted by Gasteiger charge is -2.18. The fourth-order valence-corrected chi connectivity index (χ4v) is 4.00. The molecule has 1 aromatic heterocycles. The van der Waals surface area contributed by atoms with Crippen LogP contribution in [0.2, 0.25) is 0 Å². The summed E-state index contributed by atoms with van der Waals surface area (Å²) in [5.74, 6) is 1.51. The second-order valence-electron chi connectivity index (χ2n) is 7.54. The zero-order valence-corrected chi connectivity index (χ0v) is 17.5. The molecule has 5 rings (SSSR count). The number of fused-ring (bicyclic) bond motifs is 1. The molecule has 31 heavy (non-hydrogen) atoms. The predicted molar refractivity (Wildman–Crippen MR) is 118 cm³/mol. The highest BCUT2D eigenvalue weighted by atomic mass is 32.1. The summed E-state index contributed by atoms with van der Waals surface area (Å²) in [6.07, 6.45) is 1.97. The van der Waals surface area contributed by atoms with Gasteiger partial charge in [0.05, 0.1) is 5.69 Å². The van der Waals surface area contributed by atoms with Crippen LogP contribution in [0.15, 0.2) is 47.8 Å². The van der Waals surface area contributed by atoms with Gasteiger partial charge in [0.15, 0.2) is 16.6 Å². The number of anilines is 1. The number of thiazole rings is 1. The van der Waals surface area contributed by atoms with Crippen molar-refractivity contribution in [2.45, 2.75) is 19.4 Å². The average molecular weight is 436 g/mol. The summed E-state index contributed by atoms with van der Waals surface area (Å²) in [4.78, 5) is 28.8. The molecular formula is C23H21N3O4S. The van der Waals surface area contributed by atoms with Crippen LogP contribution in [0.4, 0.5) is 5.13 Å². The monoisotopic (exact) mass is 435 g/mol. The molecule has 1 fully saturated rings. The standard InChI is InChI=1S/C23H21N3O4S/c27-21(15-5-6-15)24-12-14-1-3-16(4-2-14)22(28)26-23-25-18(13-31-23)17-7-8-19-20(11-17)30-10-9-29-19/h1-4,7-8,11,13,15H,5-6,9-10,12H2,(H,24,27)(H,25,26,28). The van der Waals surface area contributed by atoms with Crippen LogP contribution in [0.1, 0.15) is 28.8 Å². The van der Waals surface area contributed by atoms with Gasteiger partial charge in [0.25, 0.3) is 5.91 Å². The van der Waals surface area contributed by atoms with Crippen molar-refractivity contribution >= 4 is 28.3 Å². The maximum atomic E-state index is 12.6. The Morgan fingerprint density at radius 3 is 2.58 bits per heavy atom. The van der Waals surface area contributed by atoms with Crippen LogP contribution >= 0.6 is 11.3 Å². The molecule has 0 saturated heterocycles. The van der Waals surface area contributed by atoms with Gasteiger partial charge in [0.2, 0.25) is 5.91 Å². The van der Waals surface area contributed by atoms with E-state index in [2.05, 4.69) is 15.6 Å². The minimum absolute atomic E-state index is 0.111. The Balaban J connectivity index is 1.21. The van der Waals surface area contributed by atoms with E-state index >= 15 is 0 Å². The average Bonchev–Trinajstić information content (AvgIpc) is 3.56. The molecule has 2 aliphatic rings. The number of carbonyl (C=O) groups is 2. The Labute approximate surface area is 183 Å². The molecule has 158 valence electrons. The molecule has 1 aliphatic heterocycles. The highest BCUT2D eigenvalue weighted by Gasteiger charge is 2.29. The van der Waals surface area contributed by atoms with Gasteiger partial charge in [0, 0.05) is 29.0 Å². The first-order valence-corrected chi connectivity index (χ1v) is 11.1. The summed E-state index contributed by atoms with van der Waals surface area (Å²) in [5.41, 5.74) is 3.16. The van der Waals surface area contributed by atoms with Gasteiger partial charge >= 0.3 is 0 Å².